The molecule has 0 aliphatic carbocycles. The summed E-state index contributed by atoms with van der Waals surface area (Å²) in [6, 6.07) is 7.29. The van der Waals surface area contributed by atoms with E-state index in [-0.39, 0.29) is 30.2 Å². The molecule has 1 heterocycles. The van der Waals surface area contributed by atoms with E-state index in [4.69, 9.17) is 16.3 Å². The van der Waals surface area contributed by atoms with Crippen molar-refractivity contribution in [3.05, 3.63) is 58.6 Å². The maximum atomic E-state index is 14.5. The molecule has 1 aliphatic heterocycles. The molecule has 1 saturated heterocycles. The number of hydrogen-bond donors (Lipinski definition) is 3. The highest BCUT2D eigenvalue weighted by Crippen LogP contribution is 2.33. The second-order valence-electron chi connectivity index (χ2n) is 6.33. The molecule has 0 aromatic heterocycles. The zero-order valence-electron chi connectivity index (χ0n) is 14.9. The van der Waals surface area contributed by atoms with Crippen molar-refractivity contribution in [3.8, 4) is 5.75 Å². The summed E-state index contributed by atoms with van der Waals surface area (Å²) in [7, 11) is 1.30. The third kappa shape index (κ3) is 4.51. The van der Waals surface area contributed by atoms with Gasteiger partial charge >= 0.3 is 6.03 Å². The van der Waals surface area contributed by atoms with Crippen molar-refractivity contribution in [2.24, 2.45) is 0 Å². The van der Waals surface area contributed by atoms with Crippen LogP contribution in [0.4, 0.5) is 19.3 Å². The quantitative estimate of drug-likeness (QED) is 0.724. The van der Waals surface area contributed by atoms with Crippen molar-refractivity contribution >= 4 is 29.2 Å². The number of carbonyl (C=O) groups excluding carboxylic acids is 2. The zero-order chi connectivity index (χ0) is 20.3. The van der Waals surface area contributed by atoms with Crippen LogP contribution in [0.5, 0.6) is 5.75 Å². The summed E-state index contributed by atoms with van der Waals surface area (Å²) in [6.07, 6.45) is -0.161. The molecule has 0 radical (unpaired) electrons. The van der Waals surface area contributed by atoms with Crippen LogP contribution in [-0.4, -0.2) is 31.6 Å². The number of hydrogen-bond acceptors (Lipinski definition) is 3. The van der Waals surface area contributed by atoms with Crippen molar-refractivity contribution in [1.29, 1.82) is 0 Å². The Morgan fingerprint density at radius 1 is 1.21 bits per heavy atom. The third-order valence-corrected chi connectivity index (χ3v) is 4.74. The first-order valence-electron chi connectivity index (χ1n) is 8.50. The fraction of sp³-hybridized carbons (Fsp3) is 0.263. The molecule has 1 unspecified atom stereocenters. The Balaban J connectivity index is 1.80. The van der Waals surface area contributed by atoms with Gasteiger partial charge in [-0.15, -0.1) is 0 Å². The summed E-state index contributed by atoms with van der Waals surface area (Å²) in [5.41, 5.74) is 0.243. The Morgan fingerprint density at radius 3 is 2.46 bits per heavy atom. The number of carbonyl (C=O) groups is 2. The number of methoxy groups -OCH3 is 1. The van der Waals surface area contributed by atoms with Crippen LogP contribution < -0.4 is 20.7 Å². The van der Waals surface area contributed by atoms with Crippen LogP contribution in [0.2, 0.25) is 5.02 Å². The van der Waals surface area contributed by atoms with Crippen molar-refractivity contribution in [2.45, 2.75) is 18.4 Å². The summed E-state index contributed by atoms with van der Waals surface area (Å²) in [5.74, 6) is -2.85. The average Bonchev–Trinajstić information content (AvgIpc) is 2.65. The van der Waals surface area contributed by atoms with E-state index in [0.29, 0.717) is 10.7 Å². The van der Waals surface area contributed by atoms with E-state index >= 15 is 0 Å². The maximum Gasteiger partial charge on any atom is 0.319 e. The Bertz CT molecular complexity index is 869. The predicted molar refractivity (Wildman–Crippen MR) is 101 cm³/mol. The first-order chi connectivity index (χ1) is 13.4. The Labute approximate surface area is 165 Å². The molecule has 28 heavy (non-hydrogen) atoms. The molecule has 148 valence electrons. The molecular formula is C19H18ClF2N3O3. The normalized spacial score (nSPS) is 18.9. The summed E-state index contributed by atoms with van der Waals surface area (Å²) in [5, 5.41) is 8.41. The number of piperidine rings is 1. The van der Waals surface area contributed by atoms with Crippen LogP contribution in [0, 0.1) is 11.6 Å². The number of benzene rings is 2. The van der Waals surface area contributed by atoms with Crippen LogP contribution in [0.3, 0.4) is 0 Å². The van der Waals surface area contributed by atoms with E-state index in [1.165, 1.54) is 7.11 Å². The van der Waals surface area contributed by atoms with Crippen LogP contribution in [0.25, 0.3) is 0 Å². The molecule has 2 aromatic carbocycles. The molecule has 0 bridgehead atoms. The number of ether oxygens (including phenoxy) is 1. The fourth-order valence-electron chi connectivity index (χ4n) is 3.14. The van der Waals surface area contributed by atoms with E-state index < -0.39 is 29.6 Å². The van der Waals surface area contributed by atoms with Gasteiger partial charge in [-0.2, -0.15) is 0 Å². The zero-order valence-corrected chi connectivity index (χ0v) is 15.6. The molecule has 1 fully saturated rings. The summed E-state index contributed by atoms with van der Waals surface area (Å²) < 4.78 is 33.9. The number of nitrogens with one attached hydrogen (secondary N) is 3. The molecule has 1 aliphatic rings. The topological polar surface area (TPSA) is 79.5 Å². The minimum absolute atomic E-state index is 0.0315. The lowest BCUT2D eigenvalue weighted by Crippen LogP contribution is -2.53. The number of anilines is 1. The standard InChI is InChI=1S/C19H18ClF2N3O3/c1-28-12-6-14(21)18(15(22)7-12)13-8-17(26)23-9-16(13)25-19(27)24-11-4-2-10(20)3-5-11/h2-7,13,16H,8-9H2,1H3,(H,23,26)(H2,24,25,27)/t13?,16-/m1/s1. The summed E-state index contributed by atoms with van der Waals surface area (Å²) in [6.45, 7) is 0.0441. The Morgan fingerprint density at radius 2 is 1.86 bits per heavy atom. The van der Waals surface area contributed by atoms with Crippen molar-refractivity contribution in [1.82, 2.24) is 10.6 Å². The second-order valence-corrected chi connectivity index (χ2v) is 6.77. The van der Waals surface area contributed by atoms with Gasteiger partial charge in [0.1, 0.15) is 17.4 Å². The van der Waals surface area contributed by atoms with Crippen molar-refractivity contribution < 1.29 is 23.1 Å². The van der Waals surface area contributed by atoms with Gasteiger partial charge in [-0.25, -0.2) is 13.6 Å². The SMILES string of the molecule is COc1cc(F)c(C2CC(=O)NC[C@H]2NC(=O)Nc2ccc(Cl)cc2)c(F)c1. The summed E-state index contributed by atoms with van der Waals surface area (Å²) >= 11 is 5.81. The lowest BCUT2D eigenvalue weighted by Gasteiger charge is -2.33. The molecule has 9 heteroatoms. The van der Waals surface area contributed by atoms with Crippen LogP contribution in [0.15, 0.2) is 36.4 Å². The van der Waals surface area contributed by atoms with Gasteiger partial charge in [0.05, 0.1) is 13.2 Å². The predicted octanol–water partition coefficient (Wildman–Crippen LogP) is 3.42. The minimum Gasteiger partial charge on any atom is -0.497 e. The van der Waals surface area contributed by atoms with Crippen LogP contribution in [-0.2, 0) is 4.79 Å². The lowest BCUT2D eigenvalue weighted by atomic mass is 9.85. The van der Waals surface area contributed by atoms with Crippen molar-refractivity contribution in [2.75, 3.05) is 19.0 Å². The molecule has 2 aromatic rings. The van der Waals surface area contributed by atoms with Gasteiger partial charge in [-0.1, -0.05) is 11.6 Å². The van der Waals surface area contributed by atoms with E-state index in [2.05, 4.69) is 16.0 Å². The van der Waals surface area contributed by atoms with Gasteiger partial charge in [0.25, 0.3) is 0 Å². The number of urea groups is 1. The van der Waals surface area contributed by atoms with Gasteiger partial charge in [0, 0.05) is 47.3 Å². The average molecular weight is 410 g/mol. The first-order valence-corrected chi connectivity index (χ1v) is 8.88. The van der Waals surface area contributed by atoms with Crippen molar-refractivity contribution in [3.63, 3.8) is 0 Å². The molecule has 0 spiro atoms. The highest BCUT2D eigenvalue weighted by atomic mass is 35.5. The lowest BCUT2D eigenvalue weighted by molar-refractivity contribution is -0.123. The fourth-order valence-corrected chi connectivity index (χ4v) is 3.26. The molecular weight excluding hydrogens is 392 g/mol. The highest BCUT2D eigenvalue weighted by molar-refractivity contribution is 6.30. The minimum atomic E-state index is -0.865. The summed E-state index contributed by atoms with van der Waals surface area (Å²) in [4.78, 5) is 24.1. The Hall–Kier alpha value is -2.87. The van der Waals surface area contributed by atoms with E-state index in [0.717, 1.165) is 12.1 Å². The van der Waals surface area contributed by atoms with E-state index in [9.17, 15) is 18.4 Å². The maximum absolute atomic E-state index is 14.5. The smallest absolute Gasteiger partial charge is 0.319 e. The van der Waals surface area contributed by atoms with Gasteiger partial charge in [0.2, 0.25) is 5.91 Å². The first kappa shape index (κ1) is 19.9. The van der Waals surface area contributed by atoms with Crippen LogP contribution >= 0.6 is 11.6 Å². The van der Waals surface area contributed by atoms with Gasteiger partial charge in [-0.3, -0.25) is 4.79 Å². The third-order valence-electron chi connectivity index (χ3n) is 4.49. The molecule has 6 nitrogen and oxygen atoms in total. The number of rotatable bonds is 4. The molecule has 0 saturated carbocycles. The van der Waals surface area contributed by atoms with Gasteiger partial charge in [0.15, 0.2) is 0 Å². The molecule has 3 amide bonds. The molecule has 3 rings (SSSR count). The number of halogens is 3. The van der Waals surface area contributed by atoms with Gasteiger partial charge < -0.3 is 20.7 Å². The van der Waals surface area contributed by atoms with E-state index in [1.807, 2.05) is 0 Å². The Kier molecular flexibility index (Phi) is 5.99. The highest BCUT2D eigenvalue weighted by Gasteiger charge is 2.35. The van der Waals surface area contributed by atoms with E-state index in [1.54, 1.807) is 24.3 Å². The largest absolute Gasteiger partial charge is 0.497 e. The monoisotopic (exact) mass is 409 g/mol. The van der Waals surface area contributed by atoms with Crippen LogP contribution in [0.1, 0.15) is 17.9 Å². The second kappa shape index (κ2) is 8.43. The molecule has 3 N–H and O–H groups in total. The van der Waals surface area contributed by atoms with Gasteiger partial charge in [-0.05, 0) is 24.3 Å². The molecule has 2 atom stereocenters. The number of amides is 3.